The number of hydrogen-bond donors (Lipinski definition) is 0. The Hall–Kier alpha value is -3.32. The molecule has 0 N–H and O–H groups in total. The summed E-state index contributed by atoms with van der Waals surface area (Å²) in [4.78, 5) is 18.1. The minimum atomic E-state index is -0.427. The molecule has 0 unspecified atom stereocenters. The molecule has 152 valence electrons. The number of halogens is 1. The molecule has 0 atom stereocenters. The van der Waals surface area contributed by atoms with E-state index in [-0.39, 0.29) is 11.3 Å². The van der Waals surface area contributed by atoms with Crippen LogP contribution in [0.15, 0.2) is 76.7 Å². The Morgan fingerprint density at radius 3 is 2.47 bits per heavy atom. The third kappa shape index (κ3) is 3.76. The zero-order valence-electron chi connectivity index (χ0n) is 16.5. The van der Waals surface area contributed by atoms with E-state index in [1.165, 1.54) is 24.9 Å². The zero-order chi connectivity index (χ0) is 21.1. The summed E-state index contributed by atoms with van der Waals surface area (Å²) < 4.78 is 26.1. The van der Waals surface area contributed by atoms with Gasteiger partial charge in [-0.05, 0) is 42.0 Å². The number of para-hydroxylation sites is 3. The maximum absolute atomic E-state index is 14.1. The lowest BCUT2D eigenvalue weighted by atomic mass is 10.2. The summed E-state index contributed by atoms with van der Waals surface area (Å²) in [7, 11) is 2.99. The summed E-state index contributed by atoms with van der Waals surface area (Å²) in [6.45, 7) is 0. The predicted octanol–water partition coefficient (Wildman–Crippen LogP) is 4.83. The molecule has 0 aliphatic rings. The third-order valence-electron chi connectivity index (χ3n) is 4.66. The largest absolute Gasteiger partial charge is 0.495 e. The summed E-state index contributed by atoms with van der Waals surface area (Å²) in [5.41, 5.74) is 1.78. The van der Waals surface area contributed by atoms with Crippen molar-refractivity contribution in [1.29, 1.82) is 0 Å². The first-order chi connectivity index (χ1) is 14.6. The number of ether oxygens (including phenoxy) is 2. The molecule has 4 aromatic rings. The Labute approximate surface area is 177 Å². The van der Waals surface area contributed by atoms with Gasteiger partial charge in [-0.1, -0.05) is 42.1 Å². The Morgan fingerprint density at radius 1 is 0.967 bits per heavy atom. The Balaban J connectivity index is 1.82. The van der Waals surface area contributed by atoms with Crippen LogP contribution in [-0.4, -0.2) is 23.8 Å². The minimum Gasteiger partial charge on any atom is -0.495 e. The van der Waals surface area contributed by atoms with E-state index >= 15 is 0 Å². The lowest BCUT2D eigenvalue weighted by molar-refractivity contribution is 0.386. The van der Waals surface area contributed by atoms with E-state index in [9.17, 15) is 9.18 Å². The van der Waals surface area contributed by atoms with E-state index in [1.54, 1.807) is 42.0 Å². The number of benzene rings is 3. The predicted molar refractivity (Wildman–Crippen MR) is 116 cm³/mol. The van der Waals surface area contributed by atoms with E-state index in [0.29, 0.717) is 33.2 Å². The van der Waals surface area contributed by atoms with Gasteiger partial charge in [-0.2, -0.15) is 0 Å². The van der Waals surface area contributed by atoms with Gasteiger partial charge in [0.1, 0.15) is 5.75 Å². The van der Waals surface area contributed by atoms with Gasteiger partial charge in [0.25, 0.3) is 5.56 Å². The molecule has 0 amide bonds. The molecule has 0 aliphatic carbocycles. The fourth-order valence-corrected chi connectivity index (χ4v) is 4.13. The molecule has 0 radical (unpaired) electrons. The number of aromatic nitrogens is 2. The first kappa shape index (κ1) is 20.0. The van der Waals surface area contributed by atoms with Crippen molar-refractivity contribution >= 4 is 22.7 Å². The molecule has 3 aromatic carbocycles. The maximum atomic E-state index is 14.1. The second-order valence-corrected chi connectivity index (χ2v) is 7.42. The van der Waals surface area contributed by atoms with Gasteiger partial charge in [0, 0.05) is 5.75 Å². The van der Waals surface area contributed by atoms with Crippen molar-refractivity contribution in [1.82, 2.24) is 9.55 Å². The molecule has 0 spiro atoms. The topological polar surface area (TPSA) is 53.3 Å². The Kier molecular flexibility index (Phi) is 5.72. The van der Waals surface area contributed by atoms with Gasteiger partial charge >= 0.3 is 0 Å². The molecule has 30 heavy (non-hydrogen) atoms. The van der Waals surface area contributed by atoms with Crippen LogP contribution in [0.3, 0.4) is 0 Å². The first-order valence-electron chi connectivity index (χ1n) is 9.22. The summed E-state index contributed by atoms with van der Waals surface area (Å²) in [5.74, 6) is 0.762. The summed E-state index contributed by atoms with van der Waals surface area (Å²) >= 11 is 1.35. The number of methoxy groups -OCH3 is 2. The fraction of sp³-hybridized carbons (Fsp3) is 0.130. The molecular formula is C23H19FN2O3S. The number of hydrogen-bond acceptors (Lipinski definition) is 5. The number of rotatable bonds is 6. The van der Waals surface area contributed by atoms with E-state index in [0.717, 1.165) is 5.56 Å². The van der Waals surface area contributed by atoms with E-state index < -0.39 is 5.82 Å². The molecule has 1 aromatic heterocycles. The highest BCUT2D eigenvalue weighted by molar-refractivity contribution is 7.98. The average Bonchev–Trinajstić information content (AvgIpc) is 2.78. The van der Waals surface area contributed by atoms with Crippen molar-refractivity contribution in [2.45, 2.75) is 10.9 Å². The third-order valence-corrected chi connectivity index (χ3v) is 5.66. The zero-order valence-corrected chi connectivity index (χ0v) is 17.3. The molecule has 0 saturated carbocycles. The SMILES string of the molecule is COc1ccc(CSc2nc3ccccc3c(=O)n2-c2ccccc2OC)cc1F. The molecule has 7 heteroatoms. The lowest BCUT2D eigenvalue weighted by Crippen LogP contribution is -2.22. The molecule has 0 saturated heterocycles. The van der Waals surface area contributed by atoms with Crippen molar-refractivity contribution in [3.8, 4) is 17.2 Å². The molecule has 4 rings (SSSR count). The Bertz CT molecular complexity index is 1270. The van der Waals surface area contributed by atoms with Crippen LogP contribution in [0.1, 0.15) is 5.56 Å². The molecule has 5 nitrogen and oxygen atoms in total. The van der Waals surface area contributed by atoms with Crippen LogP contribution in [0.2, 0.25) is 0 Å². The van der Waals surface area contributed by atoms with Crippen LogP contribution in [0, 0.1) is 5.82 Å². The van der Waals surface area contributed by atoms with Crippen molar-refractivity contribution in [2.75, 3.05) is 14.2 Å². The summed E-state index contributed by atoms with van der Waals surface area (Å²) in [5, 5.41) is 1.02. The molecular weight excluding hydrogens is 403 g/mol. The maximum Gasteiger partial charge on any atom is 0.266 e. The molecule has 0 bridgehead atoms. The van der Waals surface area contributed by atoms with Crippen molar-refractivity contribution in [2.24, 2.45) is 0 Å². The minimum absolute atomic E-state index is 0.187. The van der Waals surface area contributed by atoms with Crippen molar-refractivity contribution in [3.05, 3.63) is 88.5 Å². The lowest BCUT2D eigenvalue weighted by Gasteiger charge is -2.15. The highest BCUT2D eigenvalue weighted by atomic mass is 32.2. The number of nitrogens with zero attached hydrogens (tertiary/aromatic N) is 2. The molecule has 0 fully saturated rings. The molecule has 1 heterocycles. The number of fused-ring (bicyclic) bond motifs is 1. The summed E-state index contributed by atoms with van der Waals surface area (Å²) in [6.07, 6.45) is 0. The van der Waals surface area contributed by atoms with Crippen LogP contribution >= 0.6 is 11.8 Å². The van der Waals surface area contributed by atoms with Crippen LogP contribution in [0.4, 0.5) is 4.39 Å². The van der Waals surface area contributed by atoms with Crippen LogP contribution in [0.5, 0.6) is 11.5 Å². The van der Waals surface area contributed by atoms with Gasteiger partial charge < -0.3 is 9.47 Å². The van der Waals surface area contributed by atoms with Gasteiger partial charge in [0.05, 0.1) is 30.8 Å². The first-order valence-corrected chi connectivity index (χ1v) is 10.2. The van der Waals surface area contributed by atoms with Crippen LogP contribution in [-0.2, 0) is 5.75 Å². The standard InChI is InChI=1S/C23H19FN2O3S/c1-28-20-12-11-15(13-17(20)24)14-30-23-25-18-8-4-3-7-16(18)22(27)26(23)19-9-5-6-10-21(19)29-2/h3-13H,14H2,1-2H3. The van der Waals surface area contributed by atoms with Gasteiger partial charge in [0.2, 0.25) is 0 Å². The smallest absolute Gasteiger partial charge is 0.266 e. The van der Waals surface area contributed by atoms with Gasteiger partial charge in [-0.15, -0.1) is 0 Å². The van der Waals surface area contributed by atoms with Crippen molar-refractivity contribution < 1.29 is 13.9 Å². The number of thioether (sulfide) groups is 1. The van der Waals surface area contributed by atoms with E-state index in [2.05, 4.69) is 0 Å². The monoisotopic (exact) mass is 422 g/mol. The molecule has 0 aliphatic heterocycles. The second-order valence-electron chi connectivity index (χ2n) is 6.48. The highest BCUT2D eigenvalue weighted by Gasteiger charge is 2.16. The fourth-order valence-electron chi connectivity index (χ4n) is 3.18. The highest BCUT2D eigenvalue weighted by Crippen LogP contribution is 2.29. The van der Waals surface area contributed by atoms with Gasteiger partial charge in [-0.3, -0.25) is 9.36 Å². The average molecular weight is 422 g/mol. The van der Waals surface area contributed by atoms with Gasteiger partial charge in [-0.25, -0.2) is 9.37 Å². The second kappa shape index (κ2) is 8.59. The summed E-state index contributed by atoms with van der Waals surface area (Å²) in [6, 6.07) is 19.3. The Morgan fingerprint density at radius 2 is 1.70 bits per heavy atom. The van der Waals surface area contributed by atoms with Gasteiger partial charge in [0.15, 0.2) is 16.7 Å². The van der Waals surface area contributed by atoms with Crippen LogP contribution in [0.25, 0.3) is 16.6 Å². The quantitative estimate of drug-likeness (QED) is 0.329. The van der Waals surface area contributed by atoms with E-state index in [4.69, 9.17) is 14.5 Å². The van der Waals surface area contributed by atoms with Crippen LogP contribution < -0.4 is 15.0 Å². The van der Waals surface area contributed by atoms with Crippen molar-refractivity contribution in [3.63, 3.8) is 0 Å². The van der Waals surface area contributed by atoms with E-state index in [1.807, 2.05) is 30.3 Å². The normalized spacial score (nSPS) is 10.9.